The lowest BCUT2D eigenvalue weighted by molar-refractivity contribution is -0.136. The van der Waals surface area contributed by atoms with Crippen LogP contribution in [0.15, 0.2) is 18.2 Å². The van der Waals surface area contributed by atoms with Gasteiger partial charge in [0.2, 0.25) is 11.8 Å². The van der Waals surface area contributed by atoms with Crippen LogP contribution in [0.3, 0.4) is 0 Å². The summed E-state index contributed by atoms with van der Waals surface area (Å²) in [6.07, 6.45) is 6.90. The molecule has 160 valence electrons. The summed E-state index contributed by atoms with van der Waals surface area (Å²) < 4.78 is 0. The Kier molecular flexibility index (Phi) is 5.11. The van der Waals surface area contributed by atoms with Crippen molar-refractivity contribution in [2.75, 3.05) is 13.1 Å². The maximum absolute atomic E-state index is 13.2. The third-order valence-electron chi connectivity index (χ3n) is 7.60. The fourth-order valence-electron chi connectivity index (χ4n) is 5.75. The molecule has 1 unspecified atom stereocenters. The van der Waals surface area contributed by atoms with E-state index in [4.69, 9.17) is 0 Å². The second kappa shape index (κ2) is 7.78. The van der Waals surface area contributed by atoms with E-state index >= 15 is 0 Å². The highest BCUT2D eigenvalue weighted by molar-refractivity contribution is 6.05. The number of benzene rings is 1. The first-order valence-electron chi connectivity index (χ1n) is 11.2. The third-order valence-corrected chi connectivity index (χ3v) is 7.60. The van der Waals surface area contributed by atoms with Gasteiger partial charge < -0.3 is 15.5 Å². The van der Waals surface area contributed by atoms with E-state index in [-0.39, 0.29) is 24.1 Å². The van der Waals surface area contributed by atoms with Gasteiger partial charge in [0.05, 0.1) is 0 Å². The first-order chi connectivity index (χ1) is 14.5. The molecule has 5 rings (SSSR count). The molecule has 7 heteroatoms. The van der Waals surface area contributed by atoms with Crippen LogP contribution in [-0.2, 0) is 22.7 Å². The topological polar surface area (TPSA) is 90.5 Å². The second-order valence-corrected chi connectivity index (χ2v) is 9.43. The van der Waals surface area contributed by atoms with E-state index in [0.717, 1.165) is 29.8 Å². The molecule has 2 saturated heterocycles. The number of imide groups is 1. The molecule has 7 nitrogen and oxygen atoms in total. The largest absolute Gasteiger partial charge is 0.322 e. The number of nitrogens with zero attached hydrogens (tertiary/aromatic N) is 1. The van der Waals surface area contributed by atoms with Gasteiger partial charge in [-0.1, -0.05) is 18.2 Å². The number of nitrogens with one attached hydrogen (secondary N) is 3. The maximum atomic E-state index is 13.2. The second-order valence-electron chi connectivity index (χ2n) is 9.43. The van der Waals surface area contributed by atoms with Crippen molar-refractivity contribution in [2.45, 2.75) is 70.1 Å². The molecule has 3 heterocycles. The highest BCUT2D eigenvalue weighted by Crippen LogP contribution is 2.41. The molecule has 1 atom stereocenters. The molecular formula is C23H30N4O3. The molecule has 3 fully saturated rings. The summed E-state index contributed by atoms with van der Waals surface area (Å²) in [5, 5.41) is 9.57. The van der Waals surface area contributed by atoms with E-state index in [1.54, 1.807) is 4.90 Å². The normalized spacial score (nSPS) is 31.3. The minimum atomic E-state index is -0.557. The Morgan fingerprint density at radius 1 is 1.10 bits per heavy atom. The van der Waals surface area contributed by atoms with Gasteiger partial charge in [0.15, 0.2) is 0 Å². The molecule has 1 aromatic carbocycles. The Morgan fingerprint density at radius 2 is 1.93 bits per heavy atom. The average Bonchev–Trinajstić information content (AvgIpc) is 3.33. The minimum absolute atomic E-state index is 0.0865. The first-order valence-corrected chi connectivity index (χ1v) is 11.2. The summed E-state index contributed by atoms with van der Waals surface area (Å²) in [7, 11) is 0. The van der Waals surface area contributed by atoms with Crippen LogP contribution in [0, 0.1) is 5.41 Å². The summed E-state index contributed by atoms with van der Waals surface area (Å²) in [6.45, 7) is 3.43. The van der Waals surface area contributed by atoms with Gasteiger partial charge in [0.1, 0.15) is 6.04 Å². The summed E-state index contributed by atoms with van der Waals surface area (Å²) >= 11 is 0. The van der Waals surface area contributed by atoms with Crippen molar-refractivity contribution >= 4 is 17.7 Å². The molecule has 0 aromatic heterocycles. The number of amides is 3. The van der Waals surface area contributed by atoms with Crippen LogP contribution in [-0.4, -0.2) is 47.8 Å². The van der Waals surface area contributed by atoms with Crippen molar-refractivity contribution in [1.82, 2.24) is 20.9 Å². The zero-order chi connectivity index (χ0) is 20.7. The Morgan fingerprint density at radius 3 is 2.67 bits per heavy atom. The van der Waals surface area contributed by atoms with Crippen LogP contribution in [0.2, 0.25) is 0 Å². The van der Waals surface area contributed by atoms with Gasteiger partial charge in [0, 0.05) is 37.7 Å². The van der Waals surface area contributed by atoms with Crippen LogP contribution < -0.4 is 16.0 Å². The average molecular weight is 411 g/mol. The predicted molar refractivity (Wildman–Crippen MR) is 112 cm³/mol. The number of rotatable bonds is 4. The van der Waals surface area contributed by atoms with Crippen molar-refractivity contribution < 1.29 is 14.4 Å². The van der Waals surface area contributed by atoms with E-state index in [2.05, 4.69) is 16.0 Å². The zero-order valence-corrected chi connectivity index (χ0v) is 17.3. The van der Waals surface area contributed by atoms with E-state index < -0.39 is 6.04 Å². The molecule has 3 aliphatic heterocycles. The van der Waals surface area contributed by atoms with Crippen molar-refractivity contribution in [2.24, 2.45) is 5.41 Å². The summed E-state index contributed by atoms with van der Waals surface area (Å²) in [4.78, 5) is 38.6. The molecule has 1 aliphatic carbocycles. The highest BCUT2D eigenvalue weighted by Gasteiger charge is 2.40. The standard InChI is InChI=1S/C23H30N4O3/c28-19-5-4-18(21(29)26-19)27-13-16-3-1-2-15(20(16)22(27)30)12-25-17-6-8-23(9-7-17)10-11-24-14-23/h1-3,17-18,24-25H,4-14H2,(H,26,28,29). The Bertz CT molecular complexity index is 867. The van der Waals surface area contributed by atoms with Crippen molar-refractivity contribution in [3.05, 3.63) is 34.9 Å². The lowest BCUT2D eigenvalue weighted by atomic mass is 9.72. The van der Waals surface area contributed by atoms with E-state index in [1.807, 2.05) is 18.2 Å². The maximum Gasteiger partial charge on any atom is 0.255 e. The van der Waals surface area contributed by atoms with Gasteiger partial charge in [0.25, 0.3) is 5.91 Å². The molecule has 4 aliphatic rings. The Balaban J connectivity index is 1.24. The van der Waals surface area contributed by atoms with Gasteiger partial charge in [-0.3, -0.25) is 19.7 Å². The van der Waals surface area contributed by atoms with Gasteiger partial charge in [-0.2, -0.15) is 0 Å². The van der Waals surface area contributed by atoms with Crippen LogP contribution >= 0.6 is 0 Å². The number of carbonyl (C=O) groups is 3. The van der Waals surface area contributed by atoms with Crippen molar-refractivity contribution in [3.8, 4) is 0 Å². The quantitative estimate of drug-likeness (QED) is 0.654. The van der Waals surface area contributed by atoms with Gasteiger partial charge in [-0.15, -0.1) is 0 Å². The molecule has 0 bridgehead atoms. The molecule has 1 aromatic rings. The molecule has 1 saturated carbocycles. The van der Waals surface area contributed by atoms with Crippen molar-refractivity contribution in [3.63, 3.8) is 0 Å². The van der Waals surface area contributed by atoms with Crippen LogP contribution in [0.4, 0.5) is 0 Å². The molecular weight excluding hydrogens is 380 g/mol. The van der Waals surface area contributed by atoms with Crippen LogP contribution in [0.25, 0.3) is 0 Å². The number of hydrogen-bond acceptors (Lipinski definition) is 5. The monoisotopic (exact) mass is 410 g/mol. The minimum Gasteiger partial charge on any atom is -0.322 e. The molecule has 1 spiro atoms. The van der Waals surface area contributed by atoms with E-state index in [9.17, 15) is 14.4 Å². The van der Waals surface area contributed by atoms with E-state index in [1.165, 1.54) is 32.1 Å². The highest BCUT2D eigenvalue weighted by atomic mass is 16.2. The molecule has 30 heavy (non-hydrogen) atoms. The molecule has 3 N–H and O–H groups in total. The number of piperidine rings is 1. The zero-order valence-electron chi connectivity index (χ0n) is 17.3. The Hall–Kier alpha value is -2.25. The molecule has 3 amide bonds. The number of carbonyl (C=O) groups excluding carboxylic acids is 3. The summed E-state index contributed by atoms with van der Waals surface area (Å²) in [5.74, 6) is -0.700. The van der Waals surface area contributed by atoms with Gasteiger partial charge >= 0.3 is 0 Å². The SMILES string of the molecule is O=C1CCC(N2Cc3cccc(CNC4CCC5(CCNC5)CC4)c3C2=O)C(=O)N1. The van der Waals surface area contributed by atoms with Gasteiger partial charge in [-0.05, 0) is 61.6 Å². The third kappa shape index (κ3) is 3.54. The molecule has 0 radical (unpaired) electrons. The summed E-state index contributed by atoms with van der Waals surface area (Å²) in [5.41, 5.74) is 3.24. The Labute approximate surface area is 177 Å². The lowest BCUT2D eigenvalue weighted by Crippen LogP contribution is -2.52. The number of fused-ring (bicyclic) bond motifs is 1. The smallest absolute Gasteiger partial charge is 0.255 e. The fourth-order valence-corrected chi connectivity index (χ4v) is 5.75. The van der Waals surface area contributed by atoms with Crippen molar-refractivity contribution in [1.29, 1.82) is 0 Å². The predicted octanol–water partition coefficient (Wildman–Crippen LogP) is 1.46. The summed E-state index contributed by atoms with van der Waals surface area (Å²) in [6, 6.07) is 5.92. The van der Waals surface area contributed by atoms with E-state index in [0.29, 0.717) is 31.0 Å². The first kappa shape index (κ1) is 19.7. The van der Waals surface area contributed by atoms with Gasteiger partial charge in [-0.25, -0.2) is 0 Å². The lowest BCUT2D eigenvalue weighted by Gasteiger charge is -2.37. The number of hydrogen-bond donors (Lipinski definition) is 3. The van der Waals surface area contributed by atoms with Crippen LogP contribution in [0.5, 0.6) is 0 Å². The fraction of sp³-hybridized carbons (Fsp3) is 0.609. The van der Waals surface area contributed by atoms with Crippen LogP contribution in [0.1, 0.15) is 66.4 Å².